The van der Waals surface area contributed by atoms with Gasteiger partial charge in [0, 0.05) is 0 Å². The molecule has 0 aliphatic rings. The summed E-state index contributed by atoms with van der Waals surface area (Å²) in [4.78, 5) is 5.69. The molecule has 0 radical (unpaired) electrons. The average molecular weight is 199 g/mol. The van der Waals surface area contributed by atoms with Crippen molar-refractivity contribution in [3.63, 3.8) is 0 Å². The number of hydrogen-bond donors (Lipinski definition) is 0. The molecule has 0 bridgehead atoms. The van der Waals surface area contributed by atoms with E-state index < -0.39 is 0 Å². The molecule has 74 valence electrons. The van der Waals surface area contributed by atoms with Crippen molar-refractivity contribution in [2.75, 3.05) is 0 Å². The van der Waals surface area contributed by atoms with Gasteiger partial charge in [-0.05, 0) is 30.2 Å². The van der Waals surface area contributed by atoms with Gasteiger partial charge in [0.05, 0.1) is 7.05 Å². The van der Waals surface area contributed by atoms with Crippen molar-refractivity contribution in [2.24, 2.45) is 7.05 Å². The summed E-state index contributed by atoms with van der Waals surface area (Å²) in [6.45, 7) is 1.77. The molecule has 0 amide bonds. The van der Waals surface area contributed by atoms with Crippen molar-refractivity contribution in [3.05, 3.63) is 23.9 Å². The fourth-order valence-electron chi connectivity index (χ4n) is 1.14. The maximum atomic E-state index is 4.29. The molecule has 0 unspecified atom stereocenters. The smallest absolute Gasteiger partial charge is 0.223 e. The second kappa shape index (κ2) is 3.88. The molecule has 5 nitrogen and oxygen atoms in total. The number of pyridine rings is 1. The Morgan fingerprint density at radius 3 is 2.87 bits per heavy atom. The Morgan fingerprint density at radius 1 is 1.33 bits per heavy atom. The summed E-state index contributed by atoms with van der Waals surface area (Å²) in [5.41, 5.74) is 1.39. The van der Waals surface area contributed by atoms with Crippen LogP contribution in [0.15, 0.2) is 18.2 Å². The van der Waals surface area contributed by atoms with E-state index in [0.29, 0.717) is 17.2 Å². The summed E-state index contributed by atoms with van der Waals surface area (Å²) in [5.74, 6) is 6.19. The molecular formula is C10H9N5. The van der Waals surface area contributed by atoms with Gasteiger partial charge in [-0.3, -0.25) is 0 Å². The first-order chi connectivity index (χ1) is 7.29. The molecule has 0 aliphatic heterocycles. The zero-order valence-corrected chi connectivity index (χ0v) is 8.47. The normalized spacial score (nSPS) is 9.47. The lowest BCUT2D eigenvalue weighted by Gasteiger charge is -1.93. The quantitative estimate of drug-likeness (QED) is 0.632. The molecule has 2 aromatic rings. The van der Waals surface area contributed by atoms with Crippen LogP contribution in [0.2, 0.25) is 0 Å². The summed E-state index contributed by atoms with van der Waals surface area (Å²) in [6.07, 6.45) is 0. The standard InChI is InChI=1S/C10H9N5/c1-3-5-8-6-4-7-9(11-8)10-12-14-15(2)13-10/h4,6-7H,1-2H3. The second-order valence-corrected chi connectivity index (χ2v) is 2.89. The highest BCUT2D eigenvalue weighted by Gasteiger charge is 2.05. The molecule has 2 aromatic heterocycles. The monoisotopic (exact) mass is 199 g/mol. The van der Waals surface area contributed by atoms with Gasteiger partial charge in [-0.1, -0.05) is 12.0 Å². The van der Waals surface area contributed by atoms with Crippen LogP contribution in [0.4, 0.5) is 0 Å². The van der Waals surface area contributed by atoms with Crippen molar-refractivity contribution >= 4 is 0 Å². The number of aryl methyl sites for hydroxylation is 1. The lowest BCUT2D eigenvalue weighted by Crippen LogP contribution is -1.93. The molecule has 0 fully saturated rings. The number of nitrogens with zero attached hydrogens (tertiary/aromatic N) is 5. The van der Waals surface area contributed by atoms with Crippen LogP contribution in [0.1, 0.15) is 12.6 Å². The molecular weight excluding hydrogens is 190 g/mol. The molecule has 0 aliphatic carbocycles. The van der Waals surface area contributed by atoms with Gasteiger partial charge in [-0.15, -0.1) is 10.2 Å². The molecule has 0 atom stereocenters. The highest BCUT2D eigenvalue weighted by molar-refractivity contribution is 5.49. The minimum absolute atomic E-state index is 0.511. The van der Waals surface area contributed by atoms with E-state index in [1.54, 1.807) is 14.0 Å². The zero-order chi connectivity index (χ0) is 10.7. The molecule has 2 heterocycles. The third-order valence-corrected chi connectivity index (χ3v) is 1.74. The van der Waals surface area contributed by atoms with E-state index in [4.69, 9.17) is 0 Å². The fraction of sp³-hybridized carbons (Fsp3) is 0.200. The predicted octanol–water partition coefficient (Wildman–Crippen LogP) is 0.643. The Balaban J connectivity index is 2.43. The van der Waals surface area contributed by atoms with E-state index in [9.17, 15) is 0 Å². The van der Waals surface area contributed by atoms with E-state index in [0.717, 1.165) is 0 Å². The van der Waals surface area contributed by atoms with Crippen LogP contribution in [-0.4, -0.2) is 25.2 Å². The summed E-state index contributed by atoms with van der Waals surface area (Å²) < 4.78 is 0. The van der Waals surface area contributed by atoms with Crippen molar-refractivity contribution in [1.29, 1.82) is 0 Å². The van der Waals surface area contributed by atoms with Gasteiger partial charge in [0.2, 0.25) is 5.82 Å². The molecule has 0 saturated carbocycles. The number of aromatic nitrogens is 5. The zero-order valence-electron chi connectivity index (χ0n) is 8.47. The summed E-state index contributed by atoms with van der Waals surface area (Å²) >= 11 is 0. The van der Waals surface area contributed by atoms with Crippen molar-refractivity contribution in [2.45, 2.75) is 6.92 Å². The average Bonchev–Trinajstić information content (AvgIpc) is 2.66. The fourth-order valence-corrected chi connectivity index (χ4v) is 1.14. The largest absolute Gasteiger partial charge is 0.236 e. The van der Waals surface area contributed by atoms with Crippen LogP contribution in [0.25, 0.3) is 11.5 Å². The summed E-state index contributed by atoms with van der Waals surface area (Å²) in [6, 6.07) is 5.55. The van der Waals surface area contributed by atoms with Gasteiger partial charge in [-0.25, -0.2) is 4.98 Å². The number of tetrazole rings is 1. The Bertz CT molecular complexity index is 532. The molecule has 0 N–H and O–H groups in total. The third-order valence-electron chi connectivity index (χ3n) is 1.74. The van der Waals surface area contributed by atoms with Crippen LogP contribution >= 0.6 is 0 Å². The van der Waals surface area contributed by atoms with E-state index in [1.165, 1.54) is 4.80 Å². The molecule has 0 aromatic carbocycles. The molecule has 15 heavy (non-hydrogen) atoms. The Kier molecular flexibility index (Phi) is 2.42. The van der Waals surface area contributed by atoms with E-state index >= 15 is 0 Å². The topological polar surface area (TPSA) is 56.5 Å². The van der Waals surface area contributed by atoms with Gasteiger partial charge in [-0.2, -0.15) is 4.80 Å². The van der Waals surface area contributed by atoms with E-state index in [-0.39, 0.29) is 0 Å². The molecule has 5 heteroatoms. The van der Waals surface area contributed by atoms with Crippen LogP contribution < -0.4 is 0 Å². The number of hydrogen-bond acceptors (Lipinski definition) is 4. The number of rotatable bonds is 1. The van der Waals surface area contributed by atoms with Crippen molar-refractivity contribution in [3.8, 4) is 23.4 Å². The van der Waals surface area contributed by atoms with E-state index in [2.05, 4.69) is 32.2 Å². The van der Waals surface area contributed by atoms with Gasteiger partial charge in [0.15, 0.2) is 0 Å². The van der Waals surface area contributed by atoms with Crippen LogP contribution in [0.5, 0.6) is 0 Å². The maximum Gasteiger partial charge on any atom is 0.223 e. The first-order valence-corrected chi connectivity index (χ1v) is 4.44. The molecule has 0 spiro atoms. The second-order valence-electron chi connectivity index (χ2n) is 2.89. The highest BCUT2D eigenvalue weighted by Crippen LogP contribution is 2.09. The van der Waals surface area contributed by atoms with Crippen molar-refractivity contribution in [1.82, 2.24) is 25.2 Å². The van der Waals surface area contributed by atoms with Crippen LogP contribution in [0.3, 0.4) is 0 Å². The van der Waals surface area contributed by atoms with Gasteiger partial charge >= 0.3 is 0 Å². The minimum Gasteiger partial charge on any atom is -0.236 e. The molecule has 2 rings (SSSR count). The Morgan fingerprint density at radius 2 is 2.20 bits per heavy atom. The highest BCUT2D eigenvalue weighted by atomic mass is 15.6. The van der Waals surface area contributed by atoms with Gasteiger partial charge in [0.25, 0.3) is 0 Å². The summed E-state index contributed by atoms with van der Waals surface area (Å²) in [5, 5.41) is 11.7. The lowest BCUT2D eigenvalue weighted by atomic mass is 10.3. The minimum atomic E-state index is 0.511. The van der Waals surface area contributed by atoms with Gasteiger partial charge < -0.3 is 0 Å². The Labute approximate surface area is 87.2 Å². The predicted molar refractivity (Wildman–Crippen MR) is 54.6 cm³/mol. The van der Waals surface area contributed by atoms with Crippen molar-refractivity contribution < 1.29 is 0 Å². The maximum absolute atomic E-state index is 4.29. The first-order valence-electron chi connectivity index (χ1n) is 4.44. The molecule has 0 saturated heterocycles. The van der Waals surface area contributed by atoms with E-state index in [1.807, 2.05) is 18.2 Å². The SMILES string of the molecule is CC#Cc1cccc(-c2nnn(C)n2)n1. The van der Waals surface area contributed by atoms with Crippen LogP contribution in [-0.2, 0) is 7.05 Å². The Hall–Kier alpha value is -2.22. The first kappa shape index (κ1) is 9.34. The third kappa shape index (κ3) is 1.99. The summed E-state index contributed by atoms with van der Waals surface area (Å²) in [7, 11) is 1.71. The lowest BCUT2D eigenvalue weighted by molar-refractivity contribution is 0.630. The van der Waals surface area contributed by atoms with Gasteiger partial charge in [0.1, 0.15) is 11.4 Å². The van der Waals surface area contributed by atoms with Crippen LogP contribution in [0, 0.1) is 11.8 Å².